The summed E-state index contributed by atoms with van der Waals surface area (Å²) < 4.78 is 0. The lowest BCUT2D eigenvalue weighted by molar-refractivity contribution is 0.0728. The summed E-state index contributed by atoms with van der Waals surface area (Å²) in [4.78, 5) is 14.8. The Bertz CT molecular complexity index is 511. The van der Waals surface area contributed by atoms with E-state index in [4.69, 9.17) is 0 Å². The van der Waals surface area contributed by atoms with Crippen LogP contribution in [0.15, 0.2) is 18.2 Å². The fraction of sp³-hybridized carbons (Fsp3) is 0.562. The molecule has 0 bridgehead atoms. The fourth-order valence-corrected chi connectivity index (χ4v) is 3.64. The highest BCUT2D eigenvalue weighted by molar-refractivity contribution is 5.96. The van der Waals surface area contributed by atoms with Crippen molar-refractivity contribution in [1.29, 1.82) is 0 Å². The summed E-state index contributed by atoms with van der Waals surface area (Å²) in [7, 11) is 0. The van der Waals surface area contributed by atoms with E-state index in [-0.39, 0.29) is 5.91 Å². The average Bonchev–Trinajstić information content (AvgIpc) is 2.92. The van der Waals surface area contributed by atoms with E-state index in [1.807, 2.05) is 19.1 Å². The van der Waals surface area contributed by atoms with E-state index in [0.717, 1.165) is 30.8 Å². The van der Waals surface area contributed by atoms with Gasteiger partial charge in [-0.05, 0) is 44.2 Å². The van der Waals surface area contributed by atoms with Gasteiger partial charge in [-0.3, -0.25) is 4.79 Å². The van der Waals surface area contributed by atoms with Gasteiger partial charge in [0.25, 0.3) is 5.91 Å². The lowest BCUT2D eigenvalue weighted by Crippen LogP contribution is -2.38. The third kappa shape index (κ3) is 2.06. The second-order valence-electron chi connectivity index (χ2n) is 6.10. The first-order valence-electron chi connectivity index (χ1n) is 7.17. The topological polar surface area (TPSA) is 32.3 Å². The normalized spacial score (nSPS) is 29.6. The molecule has 2 aliphatic heterocycles. The second-order valence-corrected chi connectivity index (χ2v) is 6.10. The molecule has 2 fully saturated rings. The standard InChI is InChI=1S/C16H22N2O/c1-10-4-5-14(11(2)6-10)16(19)18-9-13-7-17-8-15(13)12(18)3/h4-6,12-13,15,17H,7-9H2,1-3H3. The zero-order valence-corrected chi connectivity index (χ0v) is 11.9. The summed E-state index contributed by atoms with van der Waals surface area (Å²) in [6.45, 7) is 9.32. The van der Waals surface area contributed by atoms with Gasteiger partial charge in [0.1, 0.15) is 0 Å². The van der Waals surface area contributed by atoms with Crippen LogP contribution in [0, 0.1) is 25.7 Å². The van der Waals surface area contributed by atoms with Crippen LogP contribution in [0.4, 0.5) is 0 Å². The van der Waals surface area contributed by atoms with Gasteiger partial charge in [0, 0.05) is 31.2 Å². The molecule has 0 saturated carbocycles. The van der Waals surface area contributed by atoms with Crippen molar-refractivity contribution in [3.05, 3.63) is 34.9 Å². The maximum absolute atomic E-state index is 12.7. The molecule has 2 saturated heterocycles. The number of aryl methyl sites for hydroxylation is 2. The van der Waals surface area contributed by atoms with Crippen molar-refractivity contribution in [3.8, 4) is 0 Å². The van der Waals surface area contributed by atoms with E-state index < -0.39 is 0 Å². The number of nitrogens with zero attached hydrogens (tertiary/aromatic N) is 1. The molecule has 1 aromatic carbocycles. The number of carbonyl (C=O) groups excluding carboxylic acids is 1. The number of amides is 1. The van der Waals surface area contributed by atoms with Crippen LogP contribution in [0.25, 0.3) is 0 Å². The molecule has 3 unspecified atom stereocenters. The number of hydrogen-bond acceptors (Lipinski definition) is 2. The SMILES string of the molecule is Cc1ccc(C(=O)N2CC3CNCC3C2C)c(C)c1. The van der Waals surface area contributed by atoms with Gasteiger partial charge >= 0.3 is 0 Å². The van der Waals surface area contributed by atoms with E-state index in [1.165, 1.54) is 5.56 Å². The molecule has 19 heavy (non-hydrogen) atoms. The molecule has 0 aromatic heterocycles. The summed E-state index contributed by atoms with van der Waals surface area (Å²) in [5, 5.41) is 3.43. The van der Waals surface area contributed by atoms with Crippen molar-refractivity contribution in [1.82, 2.24) is 10.2 Å². The van der Waals surface area contributed by atoms with Crippen molar-refractivity contribution in [2.45, 2.75) is 26.8 Å². The van der Waals surface area contributed by atoms with Gasteiger partial charge in [-0.2, -0.15) is 0 Å². The summed E-state index contributed by atoms with van der Waals surface area (Å²) in [5.41, 5.74) is 3.17. The first kappa shape index (κ1) is 12.7. The van der Waals surface area contributed by atoms with Gasteiger partial charge in [0.15, 0.2) is 0 Å². The molecule has 2 heterocycles. The fourth-order valence-electron chi connectivity index (χ4n) is 3.64. The number of benzene rings is 1. The van der Waals surface area contributed by atoms with Gasteiger partial charge in [0.2, 0.25) is 0 Å². The first-order chi connectivity index (χ1) is 9.08. The van der Waals surface area contributed by atoms with E-state index in [1.54, 1.807) is 0 Å². The van der Waals surface area contributed by atoms with E-state index in [2.05, 4.69) is 30.1 Å². The lowest BCUT2D eigenvalue weighted by Gasteiger charge is -2.25. The van der Waals surface area contributed by atoms with Crippen LogP contribution in [-0.2, 0) is 0 Å². The average molecular weight is 258 g/mol. The van der Waals surface area contributed by atoms with Gasteiger partial charge in [-0.15, -0.1) is 0 Å². The van der Waals surface area contributed by atoms with Crippen LogP contribution < -0.4 is 5.32 Å². The molecular formula is C16H22N2O. The Morgan fingerprint density at radius 3 is 2.79 bits per heavy atom. The predicted molar refractivity (Wildman–Crippen MR) is 76.3 cm³/mol. The molecule has 3 atom stereocenters. The van der Waals surface area contributed by atoms with Crippen molar-refractivity contribution < 1.29 is 4.79 Å². The van der Waals surface area contributed by atoms with Crippen LogP contribution in [0.3, 0.4) is 0 Å². The molecule has 2 aliphatic rings. The highest BCUT2D eigenvalue weighted by Crippen LogP contribution is 2.33. The van der Waals surface area contributed by atoms with Gasteiger partial charge in [-0.25, -0.2) is 0 Å². The van der Waals surface area contributed by atoms with Crippen LogP contribution in [0.1, 0.15) is 28.4 Å². The summed E-state index contributed by atoms with van der Waals surface area (Å²) >= 11 is 0. The highest BCUT2D eigenvalue weighted by Gasteiger charge is 2.43. The summed E-state index contributed by atoms with van der Waals surface area (Å²) in [6.07, 6.45) is 0. The minimum atomic E-state index is 0.208. The van der Waals surface area contributed by atoms with Gasteiger partial charge in [0.05, 0.1) is 0 Å². The molecule has 102 valence electrons. The molecule has 0 spiro atoms. The van der Waals surface area contributed by atoms with Crippen molar-refractivity contribution in [2.24, 2.45) is 11.8 Å². The lowest BCUT2D eigenvalue weighted by atomic mass is 9.95. The maximum Gasteiger partial charge on any atom is 0.254 e. The van der Waals surface area contributed by atoms with E-state index in [0.29, 0.717) is 17.9 Å². The molecule has 0 radical (unpaired) electrons. The van der Waals surface area contributed by atoms with Crippen molar-refractivity contribution in [3.63, 3.8) is 0 Å². The molecular weight excluding hydrogens is 236 g/mol. The Hall–Kier alpha value is -1.35. The molecule has 1 amide bonds. The third-order valence-electron chi connectivity index (χ3n) is 4.81. The number of likely N-dealkylation sites (tertiary alicyclic amines) is 1. The van der Waals surface area contributed by atoms with Crippen LogP contribution in [0.2, 0.25) is 0 Å². The van der Waals surface area contributed by atoms with Gasteiger partial charge < -0.3 is 10.2 Å². The number of carbonyl (C=O) groups is 1. The number of rotatable bonds is 1. The predicted octanol–water partition coefficient (Wildman–Crippen LogP) is 1.98. The summed E-state index contributed by atoms with van der Waals surface area (Å²) in [6, 6.07) is 6.46. The van der Waals surface area contributed by atoms with Crippen LogP contribution in [-0.4, -0.2) is 36.5 Å². The monoisotopic (exact) mass is 258 g/mol. The van der Waals surface area contributed by atoms with Gasteiger partial charge in [-0.1, -0.05) is 17.7 Å². The van der Waals surface area contributed by atoms with Crippen LogP contribution in [0.5, 0.6) is 0 Å². The Kier molecular flexibility index (Phi) is 3.09. The van der Waals surface area contributed by atoms with Crippen LogP contribution >= 0.6 is 0 Å². The molecule has 1 aromatic rings. The molecule has 1 N–H and O–H groups in total. The Morgan fingerprint density at radius 1 is 1.32 bits per heavy atom. The second kappa shape index (κ2) is 4.64. The largest absolute Gasteiger partial charge is 0.335 e. The Labute approximate surface area is 115 Å². The Morgan fingerprint density at radius 2 is 2.11 bits per heavy atom. The molecule has 0 aliphatic carbocycles. The Balaban J connectivity index is 1.84. The van der Waals surface area contributed by atoms with E-state index in [9.17, 15) is 4.79 Å². The third-order valence-corrected chi connectivity index (χ3v) is 4.81. The van der Waals surface area contributed by atoms with E-state index >= 15 is 0 Å². The van der Waals surface area contributed by atoms with Crippen molar-refractivity contribution in [2.75, 3.05) is 19.6 Å². The first-order valence-corrected chi connectivity index (χ1v) is 7.17. The minimum Gasteiger partial charge on any atom is -0.335 e. The number of hydrogen-bond donors (Lipinski definition) is 1. The van der Waals surface area contributed by atoms with Crippen molar-refractivity contribution >= 4 is 5.91 Å². The minimum absolute atomic E-state index is 0.208. The smallest absolute Gasteiger partial charge is 0.254 e. The number of fused-ring (bicyclic) bond motifs is 1. The quantitative estimate of drug-likeness (QED) is 0.835. The zero-order chi connectivity index (χ0) is 13.6. The highest BCUT2D eigenvalue weighted by atomic mass is 16.2. The molecule has 3 nitrogen and oxygen atoms in total. The molecule has 3 heteroatoms. The maximum atomic E-state index is 12.7. The zero-order valence-electron chi connectivity index (χ0n) is 11.9. The summed E-state index contributed by atoms with van der Waals surface area (Å²) in [5.74, 6) is 1.49. The number of nitrogens with one attached hydrogen (secondary N) is 1. The molecule has 3 rings (SSSR count).